The van der Waals surface area contributed by atoms with Gasteiger partial charge in [-0.05, 0) is 24.1 Å². The summed E-state index contributed by atoms with van der Waals surface area (Å²) in [7, 11) is 0. The van der Waals surface area contributed by atoms with Gasteiger partial charge in [0.15, 0.2) is 0 Å². The Bertz CT molecular complexity index is 493. The topological polar surface area (TPSA) is 55.8 Å². The van der Waals surface area contributed by atoms with Crippen LogP contribution in [0.2, 0.25) is 0 Å². The summed E-state index contributed by atoms with van der Waals surface area (Å²) in [6, 6.07) is 7.42. The lowest BCUT2D eigenvalue weighted by molar-refractivity contribution is -0.132. The number of hydrogen-bond donors (Lipinski definition) is 1. The SMILES string of the molecule is C=C(Cc1ccc(OCCOCCCCCCCCC)cc1)C(=O)O. The molecule has 0 unspecified atom stereocenters. The van der Waals surface area contributed by atoms with E-state index in [0.29, 0.717) is 19.6 Å². The Kier molecular flexibility index (Phi) is 11.4. The van der Waals surface area contributed by atoms with Crippen LogP contribution in [0.1, 0.15) is 57.4 Å². The summed E-state index contributed by atoms with van der Waals surface area (Å²) in [5.74, 6) is -0.192. The van der Waals surface area contributed by atoms with Crippen molar-refractivity contribution in [3.63, 3.8) is 0 Å². The maximum absolute atomic E-state index is 10.8. The highest BCUT2D eigenvalue weighted by molar-refractivity contribution is 5.86. The van der Waals surface area contributed by atoms with E-state index >= 15 is 0 Å². The number of carboxylic acid groups (broad SMARTS) is 1. The minimum absolute atomic E-state index is 0.187. The molecule has 4 heteroatoms. The van der Waals surface area contributed by atoms with E-state index < -0.39 is 5.97 Å². The second-order valence-corrected chi connectivity index (χ2v) is 6.31. The Hall–Kier alpha value is -1.81. The van der Waals surface area contributed by atoms with E-state index in [9.17, 15) is 4.79 Å². The van der Waals surface area contributed by atoms with Crippen molar-refractivity contribution < 1.29 is 19.4 Å². The number of rotatable bonds is 15. The van der Waals surface area contributed by atoms with E-state index in [-0.39, 0.29) is 5.57 Å². The van der Waals surface area contributed by atoms with E-state index in [1.54, 1.807) is 0 Å². The molecule has 0 fully saturated rings. The maximum Gasteiger partial charge on any atom is 0.331 e. The second kappa shape index (κ2) is 13.5. The highest BCUT2D eigenvalue weighted by Gasteiger charge is 2.05. The molecule has 1 rings (SSSR count). The van der Waals surface area contributed by atoms with Gasteiger partial charge in [-0.25, -0.2) is 4.79 Å². The van der Waals surface area contributed by atoms with Crippen LogP contribution < -0.4 is 4.74 Å². The number of ether oxygens (including phenoxy) is 2. The van der Waals surface area contributed by atoms with Gasteiger partial charge in [0.1, 0.15) is 12.4 Å². The van der Waals surface area contributed by atoms with Crippen molar-refractivity contribution in [2.75, 3.05) is 19.8 Å². The Morgan fingerprint density at radius 2 is 1.60 bits per heavy atom. The fourth-order valence-corrected chi connectivity index (χ4v) is 2.51. The lowest BCUT2D eigenvalue weighted by Gasteiger charge is -2.08. The zero-order valence-electron chi connectivity index (χ0n) is 15.5. The fraction of sp³-hybridized carbons (Fsp3) is 0.571. The van der Waals surface area contributed by atoms with Crippen LogP contribution in [0.5, 0.6) is 5.75 Å². The van der Waals surface area contributed by atoms with Gasteiger partial charge in [-0.3, -0.25) is 0 Å². The van der Waals surface area contributed by atoms with E-state index in [1.807, 2.05) is 24.3 Å². The van der Waals surface area contributed by atoms with Gasteiger partial charge in [0.05, 0.1) is 6.61 Å². The third-order valence-electron chi connectivity index (χ3n) is 4.03. The molecule has 0 saturated carbocycles. The number of carbonyl (C=O) groups is 1. The first-order valence-corrected chi connectivity index (χ1v) is 9.34. The Balaban J connectivity index is 2.03. The molecule has 0 aromatic heterocycles. The summed E-state index contributed by atoms with van der Waals surface area (Å²) in [5.41, 5.74) is 1.10. The third kappa shape index (κ3) is 10.6. The summed E-state index contributed by atoms with van der Waals surface area (Å²) >= 11 is 0. The lowest BCUT2D eigenvalue weighted by Crippen LogP contribution is -2.07. The van der Waals surface area contributed by atoms with Crippen molar-refractivity contribution in [3.05, 3.63) is 42.0 Å². The molecule has 0 atom stereocenters. The molecular formula is C21H32O4. The van der Waals surface area contributed by atoms with Crippen LogP contribution in [0.3, 0.4) is 0 Å². The molecule has 1 N–H and O–H groups in total. The Morgan fingerprint density at radius 1 is 0.960 bits per heavy atom. The Labute approximate surface area is 151 Å². The van der Waals surface area contributed by atoms with Crippen LogP contribution in [-0.4, -0.2) is 30.9 Å². The summed E-state index contributed by atoms with van der Waals surface area (Å²) in [4.78, 5) is 10.8. The van der Waals surface area contributed by atoms with Gasteiger partial charge in [-0.1, -0.05) is 64.2 Å². The molecule has 25 heavy (non-hydrogen) atoms. The molecule has 0 bridgehead atoms. The first-order chi connectivity index (χ1) is 12.1. The predicted molar refractivity (Wildman–Crippen MR) is 101 cm³/mol. The maximum atomic E-state index is 10.8. The fourth-order valence-electron chi connectivity index (χ4n) is 2.51. The molecule has 0 heterocycles. The lowest BCUT2D eigenvalue weighted by atomic mass is 10.1. The monoisotopic (exact) mass is 348 g/mol. The normalized spacial score (nSPS) is 10.6. The van der Waals surface area contributed by atoms with E-state index in [0.717, 1.165) is 24.3 Å². The summed E-state index contributed by atoms with van der Waals surface area (Å²) in [6.07, 6.45) is 9.35. The Morgan fingerprint density at radius 3 is 2.24 bits per heavy atom. The zero-order valence-corrected chi connectivity index (χ0v) is 15.5. The van der Waals surface area contributed by atoms with Crippen molar-refractivity contribution in [2.24, 2.45) is 0 Å². The molecule has 0 aliphatic heterocycles. The molecule has 0 aliphatic carbocycles. The van der Waals surface area contributed by atoms with Crippen molar-refractivity contribution >= 4 is 5.97 Å². The molecule has 0 spiro atoms. The quantitative estimate of drug-likeness (QED) is 0.357. The number of carboxylic acids is 1. The largest absolute Gasteiger partial charge is 0.491 e. The molecule has 0 saturated heterocycles. The van der Waals surface area contributed by atoms with Crippen molar-refractivity contribution in [1.29, 1.82) is 0 Å². The summed E-state index contributed by atoms with van der Waals surface area (Å²) in [6.45, 7) is 7.69. The van der Waals surface area contributed by atoms with Crippen LogP contribution in [0.25, 0.3) is 0 Å². The van der Waals surface area contributed by atoms with Crippen LogP contribution >= 0.6 is 0 Å². The van der Waals surface area contributed by atoms with E-state index in [4.69, 9.17) is 14.6 Å². The molecule has 140 valence electrons. The number of aliphatic carboxylic acids is 1. The predicted octanol–water partition coefficient (Wildman–Crippen LogP) is 5.02. The van der Waals surface area contributed by atoms with Crippen LogP contribution in [0.4, 0.5) is 0 Å². The molecule has 4 nitrogen and oxygen atoms in total. The van der Waals surface area contributed by atoms with Gasteiger partial charge in [-0.2, -0.15) is 0 Å². The minimum atomic E-state index is -0.960. The van der Waals surface area contributed by atoms with Crippen molar-refractivity contribution in [3.8, 4) is 5.75 Å². The molecular weight excluding hydrogens is 316 g/mol. The molecule has 0 aliphatic rings. The first-order valence-electron chi connectivity index (χ1n) is 9.34. The van der Waals surface area contributed by atoms with Crippen LogP contribution in [0, 0.1) is 0 Å². The highest BCUT2D eigenvalue weighted by atomic mass is 16.5. The number of unbranched alkanes of at least 4 members (excludes halogenated alkanes) is 6. The zero-order chi connectivity index (χ0) is 18.3. The minimum Gasteiger partial charge on any atom is -0.491 e. The highest BCUT2D eigenvalue weighted by Crippen LogP contribution is 2.14. The average Bonchev–Trinajstić information content (AvgIpc) is 2.61. The van der Waals surface area contributed by atoms with Gasteiger partial charge in [0, 0.05) is 18.6 Å². The van der Waals surface area contributed by atoms with Crippen molar-refractivity contribution in [2.45, 2.75) is 58.3 Å². The van der Waals surface area contributed by atoms with Crippen molar-refractivity contribution in [1.82, 2.24) is 0 Å². The smallest absolute Gasteiger partial charge is 0.331 e. The van der Waals surface area contributed by atoms with E-state index in [2.05, 4.69) is 13.5 Å². The molecule has 1 aromatic carbocycles. The van der Waals surface area contributed by atoms with Gasteiger partial charge in [0.2, 0.25) is 0 Å². The summed E-state index contributed by atoms with van der Waals surface area (Å²) < 4.78 is 11.2. The third-order valence-corrected chi connectivity index (χ3v) is 4.03. The first kappa shape index (κ1) is 21.2. The van der Waals surface area contributed by atoms with E-state index in [1.165, 1.54) is 38.5 Å². The van der Waals surface area contributed by atoms with Crippen LogP contribution in [0.15, 0.2) is 36.4 Å². The second-order valence-electron chi connectivity index (χ2n) is 6.31. The molecule has 0 radical (unpaired) electrons. The molecule has 1 aromatic rings. The number of benzene rings is 1. The van der Waals surface area contributed by atoms with Gasteiger partial charge in [0.25, 0.3) is 0 Å². The average molecular weight is 348 g/mol. The standard InChI is InChI=1S/C21H32O4/c1-3-4-5-6-7-8-9-14-24-15-16-25-20-12-10-19(11-13-20)17-18(2)21(22)23/h10-13H,2-9,14-17H2,1H3,(H,22,23). The summed E-state index contributed by atoms with van der Waals surface area (Å²) in [5, 5.41) is 8.83. The van der Waals surface area contributed by atoms with Crippen LogP contribution in [-0.2, 0) is 16.0 Å². The van der Waals surface area contributed by atoms with Gasteiger partial charge < -0.3 is 14.6 Å². The van der Waals surface area contributed by atoms with Gasteiger partial charge in [-0.15, -0.1) is 0 Å². The molecule has 0 amide bonds. The number of hydrogen-bond acceptors (Lipinski definition) is 3. The van der Waals surface area contributed by atoms with Gasteiger partial charge >= 0.3 is 5.97 Å².